The summed E-state index contributed by atoms with van der Waals surface area (Å²) in [4.78, 5) is 4.71. The highest BCUT2D eigenvalue weighted by atomic mass is 16.5. The average Bonchev–Trinajstić information content (AvgIpc) is 2.47. The minimum absolute atomic E-state index is 0.180. The fourth-order valence-electron chi connectivity index (χ4n) is 3.60. The summed E-state index contributed by atoms with van der Waals surface area (Å²) < 4.78 is 6.07. The van der Waals surface area contributed by atoms with Crippen molar-refractivity contribution >= 4 is 0 Å². The molecule has 0 bridgehead atoms. The van der Waals surface area contributed by atoms with E-state index in [1.54, 1.807) is 0 Å². The maximum atomic E-state index is 6.07. The van der Waals surface area contributed by atoms with Gasteiger partial charge in [-0.1, -0.05) is 13.0 Å². The molecule has 0 spiro atoms. The summed E-state index contributed by atoms with van der Waals surface area (Å²) in [5, 5.41) is 3.74. The molecule has 0 saturated heterocycles. The number of nitrogens with one attached hydrogen (secondary N) is 1. The Kier molecular flexibility index (Phi) is 5.77. The largest absolute Gasteiger partial charge is 0.374 e. The second kappa shape index (κ2) is 7.37. The first kappa shape index (κ1) is 16.4. The van der Waals surface area contributed by atoms with E-state index < -0.39 is 0 Å². The summed E-state index contributed by atoms with van der Waals surface area (Å²) in [5.74, 6) is 0.447. The lowest BCUT2D eigenvalue weighted by molar-refractivity contribution is -0.0464. The lowest BCUT2D eigenvalue weighted by Gasteiger charge is -2.41. The number of aryl methyl sites for hydroxylation is 1. The van der Waals surface area contributed by atoms with Crippen molar-refractivity contribution in [2.45, 2.75) is 70.9 Å². The third-order valence-electron chi connectivity index (χ3n) is 4.52. The van der Waals surface area contributed by atoms with E-state index in [4.69, 9.17) is 9.72 Å². The molecule has 1 aliphatic carbocycles. The molecule has 118 valence electrons. The summed E-state index contributed by atoms with van der Waals surface area (Å²) in [7, 11) is 0. The van der Waals surface area contributed by atoms with Gasteiger partial charge in [0.25, 0.3) is 0 Å². The minimum Gasteiger partial charge on any atom is -0.374 e. The van der Waals surface area contributed by atoms with Gasteiger partial charge < -0.3 is 10.1 Å². The van der Waals surface area contributed by atoms with Gasteiger partial charge in [-0.15, -0.1) is 0 Å². The van der Waals surface area contributed by atoms with Crippen molar-refractivity contribution < 1.29 is 4.74 Å². The molecule has 1 aromatic rings. The number of nitrogens with zero attached hydrogens (tertiary/aromatic N) is 1. The Bertz CT molecular complexity index is 445. The molecule has 2 atom stereocenters. The fourth-order valence-corrected chi connectivity index (χ4v) is 3.60. The van der Waals surface area contributed by atoms with Crippen LogP contribution >= 0.6 is 0 Å². The normalized spacial score (nSPS) is 20.1. The fraction of sp³-hybridized carbons (Fsp3) is 0.722. The first-order chi connectivity index (χ1) is 10.1. The summed E-state index contributed by atoms with van der Waals surface area (Å²) in [6, 6.07) is 4.61. The molecule has 0 amide bonds. The quantitative estimate of drug-likeness (QED) is 0.831. The molecule has 0 aliphatic heterocycles. The summed E-state index contributed by atoms with van der Waals surface area (Å²) in [5.41, 5.74) is 2.52. The topological polar surface area (TPSA) is 34.2 Å². The lowest BCUT2D eigenvalue weighted by Crippen LogP contribution is -2.53. The van der Waals surface area contributed by atoms with Gasteiger partial charge in [-0.25, -0.2) is 0 Å². The van der Waals surface area contributed by atoms with Gasteiger partial charge in [-0.3, -0.25) is 4.98 Å². The molecule has 3 heteroatoms. The zero-order chi connectivity index (χ0) is 15.3. The number of hydrogen-bond acceptors (Lipinski definition) is 3. The van der Waals surface area contributed by atoms with Crippen LogP contribution in [-0.2, 0) is 11.2 Å². The van der Waals surface area contributed by atoms with Crippen LogP contribution in [0.5, 0.6) is 0 Å². The SMILES string of the molecule is CCCNC(C1CCCc2cccnc21)C(C)(C)OCC. The van der Waals surface area contributed by atoms with Crippen molar-refractivity contribution in [3.8, 4) is 0 Å². The minimum atomic E-state index is -0.180. The van der Waals surface area contributed by atoms with Crippen molar-refractivity contribution in [2.75, 3.05) is 13.2 Å². The van der Waals surface area contributed by atoms with Crippen molar-refractivity contribution in [1.82, 2.24) is 10.3 Å². The highest BCUT2D eigenvalue weighted by Crippen LogP contribution is 2.37. The van der Waals surface area contributed by atoms with Crippen LogP contribution in [0.4, 0.5) is 0 Å². The molecule has 0 radical (unpaired) electrons. The molecule has 0 aromatic carbocycles. The van der Waals surface area contributed by atoms with E-state index in [0.717, 1.165) is 26.0 Å². The first-order valence-corrected chi connectivity index (χ1v) is 8.41. The van der Waals surface area contributed by atoms with E-state index >= 15 is 0 Å². The lowest BCUT2D eigenvalue weighted by atomic mass is 9.76. The van der Waals surface area contributed by atoms with Crippen molar-refractivity contribution in [2.24, 2.45) is 0 Å². The first-order valence-electron chi connectivity index (χ1n) is 8.41. The predicted molar refractivity (Wildman–Crippen MR) is 87.7 cm³/mol. The third-order valence-corrected chi connectivity index (χ3v) is 4.52. The molecule has 1 aliphatic rings. The molecule has 2 rings (SSSR count). The Hall–Kier alpha value is -0.930. The maximum absolute atomic E-state index is 6.07. The second-order valence-corrected chi connectivity index (χ2v) is 6.51. The number of ether oxygens (including phenoxy) is 1. The Morgan fingerprint density at radius 1 is 1.43 bits per heavy atom. The number of aromatic nitrogens is 1. The molecular formula is C18H30N2O. The van der Waals surface area contributed by atoms with Crippen LogP contribution in [0.2, 0.25) is 0 Å². The molecule has 1 heterocycles. The third kappa shape index (κ3) is 3.83. The van der Waals surface area contributed by atoms with Gasteiger partial charge in [0.05, 0.1) is 5.60 Å². The molecule has 1 N–H and O–H groups in total. The highest BCUT2D eigenvalue weighted by Gasteiger charge is 2.39. The van der Waals surface area contributed by atoms with E-state index in [1.165, 1.54) is 24.1 Å². The zero-order valence-electron chi connectivity index (χ0n) is 14.0. The van der Waals surface area contributed by atoms with E-state index in [0.29, 0.717) is 12.0 Å². The van der Waals surface area contributed by atoms with Crippen LogP contribution in [0.25, 0.3) is 0 Å². The van der Waals surface area contributed by atoms with Gasteiger partial charge in [0.2, 0.25) is 0 Å². The van der Waals surface area contributed by atoms with Crippen molar-refractivity contribution in [3.63, 3.8) is 0 Å². The number of hydrogen-bond donors (Lipinski definition) is 1. The van der Waals surface area contributed by atoms with Crippen LogP contribution in [0.15, 0.2) is 18.3 Å². The van der Waals surface area contributed by atoms with Crippen LogP contribution in [0.1, 0.15) is 64.1 Å². The molecule has 1 aromatic heterocycles. The maximum Gasteiger partial charge on any atom is 0.0785 e. The smallest absolute Gasteiger partial charge is 0.0785 e. The molecular weight excluding hydrogens is 260 g/mol. The van der Waals surface area contributed by atoms with Gasteiger partial charge in [0.15, 0.2) is 0 Å². The molecule has 0 fully saturated rings. The van der Waals surface area contributed by atoms with E-state index in [2.05, 4.69) is 45.1 Å². The molecule has 2 unspecified atom stereocenters. The van der Waals surface area contributed by atoms with Crippen LogP contribution < -0.4 is 5.32 Å². The summed E-state index contributed by atoms with van der Waals surface area (Å²) >= 11 is 0. The monoisotopic (exact) mass is 290 g/mol. The highest BCUT2D eigenvalue weighted by molar-refractivity contribution is 5.28. The number of rotatable bonds is 7. The Morgan fingerprint density at radius 2 is 2.24 bits per heavy atom. The van der Waals surface area contributed by atoms with Crippen LogP contribution in [0.3, 0.4) is 0 Å². The summed E-state index contributed by atoms with van der Waals surface area (Å²) in [6.45, 7) is 10.5. The predicted octanol–water partition coefficient (Wildman–Crippen LogP) is 3.68. The average molecular weight is 290 g/mol. The van der Waals surface area contributed by atoms with Gasteiger partial charge in [-0.2, -0.15) is 0 Å². The van der Waals surface area contributed by atoms with E-state index in [1.807, 2.05) is 6.20 Å². The number of pyridine rings is 1. The zero-order valence-corrected chi connectivity index (χ0v) is 14.0. The van der Waals surface area contributed by atoms with Gasteiger partial charge in [0, 0.05) is 30.5 Å². The molecule has 3 nitrogen and oxygen atoms in total. The number of fused-ring (bicyclic) bond motifs is 1. The van der Waals surface area contributed by atoms with Gasteiger partial charge in [-0.05, 0) is 64.6 Å². The van der Waals surface area contributed by atoms with Crippen molar-refractivity contribution in [1.29, 1.82) is 0 Å². The second-order valence-electron chi connectivity index (χ2n) is 6.51. The Morgan fingerprint density at radius 3 is 2.95 bits per heavy atom. The van der Waals surface area contributed by atoms with Gasteiger partial charge in [0.1, 0.15) is 0 Å². The van der Waals surface area contributed by atoms with E-state index in [9.17, 15) is 0 Å². The van der Waals surface area contributed by atoms with E-state index in [-0.39, 0.29) is 5.60 Å². The standard InChI is InChI=1S/C18H30N2O/c1-5-12-20-17(18(3,4)21-6-2)15-11-7-9-14-10-8-13-19-16(14)15/h8,10,13,15,17,20H,5-7,9,11-12H2,1-4H3. The Labute approximate surface area is 129 Å². The molecule has 0 saturated carbocycles. The summed E-state index contributed by atoms with van der Waals surface area (Å²) in [6.07, 6.45) is 6.68. The van der Waals surface area contributed by atoms with Gasteiger partial charge >= 0.3 is 0 Å². The van der Waals surface area contributed by atoms with Crippen LogP contribution in [-0.4, -0.2) is 29.8 Å². The Balaban J connectivity index is 2.29. The van der Waals surface area contributed by atoms with Crippen molar-refractivity contribution in [3.05, 3.63) is 29.6 Å². The molecule has 21 heavy (non-hydrogen) atoms. The van der Waals surface area contributed by atoms with Crippen LogP contribution in [0, 0.1) is 0 Å².